The van der Waals surface area contributed by atoms with E-state index >= 15 is 0 Å². The minimum atomic E-state index is -0.426. The van der Waals surface area contributed by atoms with Crippen molar-refractivity contribution in [2.45, 2.75) is 13.1 Å². The average molecular weight is 365 g/mol. The van der Waals surface area contributed by atoms with Gasteiger partial charge in [-0.15, -0.1) is 0 Å². The maximum absolute atomic E-state index is 11.7. The second kappa shape index (κ2) is 6.85. The van der Waals surface area contributed by atoms with Gasteiger partial charge in [0.1, 0.15) is 24.4 Å². The van der Waals surface area contributed by atoms with Crippen LogP contribution < -0.4 is 10.5 Å². The van der Waals surface area contributed by atoms with Crippen molar-refractivity contribution < 1.29 is 14.4 Å². The smallest absolute Gasteiger partial charge is 0.336 e. The summed E-state index contributed by atoms with van der Waals surface area (Å²) in [6.07, 6.45) is 0. The number of halogens is 2. The largest absolute Gasteiger partial charge is 0.508 e. The van der Waals surface area contributed by atoms with Crippen LogP contribution in [0.3, 0.4) is 0 Å². The number of hydrogen-bond acceptors (Lipinski definition) is 3. The maximum atomic E-state index is 11.7. The summed E-state index contributed by atoms with van der Waals surface area (Å²) in [7, 11) is 2.03. The minimum absolute atomic E-state index is 0.0688. The topological polar surface area (TPSA) is 54.9 Å². The molecule has 0 aliphatic carbocycles. The molecule has 3 aromatic rings. The van der Waals surface area contributed by atoms with E-state index in [0.717, 1.165) is 23.1 Å². The molecule has 3 rings (SSSR count). The van der Waals surface area contributed by atoms with Crippen LogP contribution in [0.2, 0.25) is 10.0 Å². The lowest BCUT2D eigenvalue weighted by Crippen LogP contribution is -3.06. The first-order valence-corrected chi connectivity index (χ1v) is 8.19. The van der Waals surface area contributed by atoms with Gasteiger partial charge in [0.05, 0.1) is 17.1 Å². The van der Waals surface area contributed by atoms with Crippen molar-refractivity contribution in [2.75, 3.05) is 7.05 Å². The van der Waals surface area contributed by atoms with Crippen molar-refractivity contribution >= 4 is 34.2 Å². The van der Waals surface area contributed by atoms with E-state index in [2.05, 4.69) is 0 Å². The summed E-state index contributed by atoms with van der Waals surface area (Å²) in [6.45, 7) is 1.36. The van der Waals surface area contributed by atoms with Crippen molar-refractivity contribution in [3.63, 3.8) is 0 Å². The Labute approximate surface area is 148 Å². The molecule has 1 atom stereocenters. The number of hydrogen-bond donors (Lipinski definition) is 2. The van der Waals surface area contributed by atoms with E-state index in [1.807, 2.05) is 19.2 Å². The summed E-state index contributed by atoms with van der Waals surface area (Å²) < 4.78 is 5.15. The molecule has 0 saturated carbocycles. The fourth-order valence-corrected chi connectivity index (χ4v) is 3.07. The highest BCUT2D eigenvalue weighted by atomic mass is 35.5. The zero-order valence-electron chi connectivity index (χ0n) is 13.0. The summed E-state index contributed by atoms with van der Waals surface area (Å²) in [5.74, 6) is 0.0688. The first kappa shape index (κ1) is 16.8. The van der Waals surface area contributed by atoms with Gasteiger partial charge in [0, 0.05) is 28.6 Å². The van der Waals surface area contributed by atoms with Crippen LogP contribution in [0.5, 0.6) is 5.75 Å². The molecular weight excluding hydrogens is 349 g/mol. The molecule has 124 valence electrons. The number of nitrogens with one attached hydrogen (secondary N) is 1. The van der Waals surface area contributed by atoms with Crippen LogP contribution in [0.15, 0.2) is 51.7 Å². The Morgan fingerprint density at radius 2 is 1.83 bits per heavy atom. The molecule has 0 saturated heterocycles. The first-order chi connectivity index (χ1) is 11.4. The number of aromatic hydroxyl groups is 1. The Morgan fingerprint density at radius 1 is 1.04 bits per heavy atom. The molecule has 1 aromatic heterocycles. The average Bonchev–Trinajstić information content (AvgIpc) is 2.50. The Hall–Kier alpha value is -2.01. The van der Waals surface area contributed by atoms with E-state index in [4.69, 9.17) is 27.6 Å². The molecule has 0 aliphatic rings. The van der Waals surface area contributed by atoms with Gasteiger partial charge in [0.2, 0.25) is 0 Å². The molecule has 0 bridgehead atoms. The lowest BCUT2D eigenvalue weighted by Gasteiger charge is -2.15. The van der Waals surface area contributed by atoms with E-state index < -0.39 is 5.63 Å². The van der Waals surface area contributed by atoms with E-state index in [0.29, 0.717) is 22.2 Å². The third-order valence-electron chi connectivity index (χ3n) is 3.80. The molecule has 1 unspecified atom stereocenters. The van der Waals surface area contributed by atoms with Crippen LogP contribution in [-0.2, 0) is 13.1 Å². The molecule has 24 heavy (non-hydrogen) atoms. The van der Waals surface area contributed by atoms with Crippen molar-refractivity contribution in [3.05, 3.63) is 74.1 Å². The monoisotopic (exact) mass is 364 g/mol. The standard InChI is InChI=1S/C18H15Cl2NO3/c1-21(9-11-2-5-15(19)16(20)6-11)10-12-7-18(23)24-17-8-13(22)3-4-14(12)17/h2-8,22H,9-10H2,1H3/p+1. The second-order valence-corrected chi connectivity index (χ2v) is 6.64. The molecule has 2 aromatic carbocycles. The summed E-state index contributed by atoms with van der Waals surface area (Å²) in [5.41, 5.74) is 1.90. The molecule has 2 N–H and O–H groups in total. The number of benzene rings is 2. The van der Waals surface area contributed by atoms with Gasteiger partial charge in [-0.2, -0.15) is 0 Å². The van der Waals surface area contributed by atoms with Crippen molar-refractivity contribution in [1.82, 2.24) is 0 Å². The summed E-state index contributed by atoms with van der Waals surface area (Å²) in [6, 6.07) is 11.9. The van der Waals surface area contributed by atoms with E-state index in [-0.39, 0.29) is 5.75 Å². The number of quaternary nitrogens is 1. The molecular formula is C18H16Cl2NO3+. The lowest BCUT2D eigenvalue weighted by atomic mass is 10.1. The molecule has 0 aliphatic heterocycles. The van der Waals surface area contributed by atoms with E-state index in [1.54, 1.807) is 18.2 Å². The van der Waals surface area contributed by atoms with Crippen molar-refractivity contribution in [3.8, 4) is 5.75 Å². The fourth-order valence-electron chi connectivity index (χ4n) is 2.75. The quantitative estimate of drug-likeness (QED) is 0.699. The molecule has 1 heterocycles. The molecule has 4 nitrogen and oxygen atoms in total. The van der Waals surface area contributed by atoms with Gasteiger partial charge in [-0.3, -0.25) is 0 Å². The Balaban J connectivity index is 1.86. The van der Waals surface area contributed by atoms with E-state index in [1.165, 1.54) is 17.0 Å². The highest BCUT2D eigenvalue weighted by Gasteiger charge is 2.12. The van der Waals surface area contributed by atoms with Gasteiger partial charge in [-0.1, -0.05) is 29.3 Å². The van der Waals surface area contributed by atoms with E-state index in [9.17, 15) is 9.90 Å². The predicted molar refractivity (Wildman–Crippen MR) is 94.9 cm³/mol. The van der Waals surface area contributed by atoms with Crippen molar-refractivity contribution in [2.24, 2.45) is 0 Å². The predicted octanol–water partition coefficient (Wildman–Crippen LogP) is 3.02. The lowest BCUT2D eigenvalue weighted by molar-refractivity contribution is -0.907. The molecule has 0 spiro atoms. The molecule has 0 amide bonds. The van der Waals surface area contributed by atoms with Gasteiger partial charge in [0.15, 0.2) is 0 Å². The Morgan fingerprint density at radius 3 is 2.58 bits per heavy atom. The van der Waals surface area contributed by atoms with Gasteiger partial charge in [-0.25, -0.2) is 4.79 Å². The van der Waals surface area contributed by atoms with Crippen LogP contribution in [0.25, 0.3) is 11.0 Å². The second-order valence-electron chi connectivity index (χ2n) is 5.83. The van der Waals surface area contributed by atoms with Crippen LogP contribution in [0, 0.1) is 0 Å². The van der Waals surface area contributed by atoms with Crippen molar-refractivity contribution in [1.29, 1.82) is 0 Å². The van der Waals surface area contributed by atoms with Crippen LogP contribution in [0.4, 0.5) is 0 Å². The fraction of sp³-hybridized carbons (Fsp3) is 0.167. The number of phenols is 1. The SMILES string of the molecule is C[NH+](Cc1ccc(Cl)c(Cl)c1)Cc1cc(=O)oc2cc(O)ccc12. The van der Waals surface area contributed by atoms with Crippen LogP contribution in [0.1, 0.15) is 11.1 Å². The summed E-state index contributed by atoms with van der Waals surface area (Å²) >= 11 is 12.0. The molecule has 0 radical (unpaired) electrons. The van der Waals surface area contributed by atoms with Gasteiger partial charge < -0.3 is 14.4 Å². The van der Waals surface area contributed by atoms with Gasteiger partial charge in [0.25, 0.3) is 0 Å². The third kappa shape index (κ3) is 3.73. The van der Waals surface area contributed by atoms with Crippen LogP contribution in [-0.4, -0.2) is 12.2 Å². The molecule has 6 heteroatoms. The van der Waals surface area contributed by atoms with Gasteiger partial charge >= 0.3 is 5.63 Å². The maximum Gasteiger partial charge on any atom is 0.336 e. The number of phenolic OH excluding ortho intramolecular Hbond substituents is 1. The normalized spacial score (nSPS) is 12.5. The first-order valence-electron chi connectivity index (χ1n) is 7.43. The Kier molecular flexibility index (Phi) is 4.81. The molecule has 0 fully saturated rings. The summed E-state index contributed by atoms with van der Waals surface area (Å²) in [5, 5.41) is 11.4. The third-order valence-corrected chi connectivity index (χ3v) is 4.53. The highest BCUT2D eigenvalue weighted by molar-refractivity contribution is 6.42. The number of rotatable bonds is 4. The zero-order valence-corrected chi connectivity index (χ0v) is 14.5. The van der Waals surface area contributed by atoms with Gasteiger partial charge in [-0.05, 0) is 24.3 Å². The highest BCUT2D eigenvalue weighted by Crippen LogP contribution is 2.23. The Bertz CT molecular complexity index is 953. The zero-order chi connectivity index (χ0) is 17.3. The minimum Gasteiger partial charge on any atom is -0.508 e. The summed E-state index contributed by atoms with van der Waals surface area (Å²) in [4.78, 5) is 12.9. The number of fused-ring (bicyclic) bond motifs is 1. The van der Waals surface area contributed by atoms with Crippen LogP contribution >= 0.6 is 23.2 Å².